The minimum atomic E-state index is -3.25. The molecule has 9 atom stereocenters. The number of fused-ring (bicyclic) bond motifs is 3. The van der Waals surface area contributed by atoms with E-state index in [4.69, 9.17) is 14.2 Å². The Kier molecular flexibility index (Phi) is 6.38. The van der Waals surface area contributed by atoms with E-state index in [0.29, 0.717) is 24.1 Å². The Balaban J connectivity index is 1.34. The molecule has 0 radical (unpaired) electrons. The molecule has 5 aliphatic rings. The van der Waals surface area contributed by atoms with Gasteiger partial charge in [0.05, 0.1) is 18.8 Å². The summed E-state index contributed by atoms with van der Waals surface area (Å²) in [5, 5.41) is 2.79. The molecule has 0 amide bonds. The first-order valence-corrected chi connectivity index (χ1v) is 16.3. The van der Waals surface area contributed by atoms with Crippen LogP contribution < -0.4 is 5.32 Å². The predicted octanol–water partition coefficient (Wildman–Crippen LogP) is 3.80. The van der Waals surface area contributed by atoms with E-state index in [1.165, 1.54) is 31.4 Å². The van der Waals surface area contributed by atoms with Crippen LogP contribution in [0.5, 0.6) is 0 Å². The Morgan fingerprint density at radius 3 is 2.48 bits per heavy atom. The maximum atomic E-state index is 15.9. The molecule has 1 spiro atoms. The zero-order valence-electron chi connectivity index (χ0n) is 24.3. The fourth-order valence-corrected chi connectivity index (χ4v) is 9.38. The molecule has 0 aromatic heterocycles. The number of nitrogens with one attached hydrogen (secondary N) is 1. The van der Waals surface area contributed by atoms with E-state index in [-0.39, 0.29) is 41.6 Å². The molecule has 1 heterocycles. The maximum absolute atomic E-state index is 15.9. The van der Waals surface area contributed by atoms with Crippen LogP contribution in [0.2, 0.25) is 0 Å². The van der Waals surface area contributed by atoms with Gasteiger partial charge in [-0.1, -0.05) is 19.9 Å². The van der Waals surface area contributed by atoms with Crippen molar-refractivity contribution >= 4 is 33.2 Å². The third-order valence-electron chi connectivity index (χ3n) is 10.9. The maximum Gasteiger partial charge on any atom is 0.351 e. The van der Waals surface area contributed by atoms with Crippen molar-refractivity contribution in [3.05, 3.63) is 53.6 Å². The predicted molar refractivity (Wildman–Crippen MR) is 151 cm³/mol. The summed E-state index contributed by atoms with van der Waals surface area (Å²) in [4.78, 5) is 39.5. The number of ether oxygens (including phenoxy) is 3. The van der Waals surface area contributed by atoms with E-state index in [2.05, 4.69) is 5.32 Å². The molecule has 1 aromatic rings. The molecule has 42 heavy (non-hydrogen) atoms. The lowest BCUT2D eigenvalue weighted by Gasteiger charge is -2.56. The van der Waals surface area contributed by atoms with Crippen LogP contribution in [0.3, 0.4) is 0 Å². The van der Waals surface area contributed by atoms with Crippen molar-refractivity contribution in [2.75, 3.05) is 24.6 Å². The van der Waals surface area contributed by atoms with E-state index in [0.717, 1.165) is 6.26 Å². The second-order valence-corrected chi connectivity index (χ2v) is 15.2. The fraction of sp³-hybridized carbons (Fsp3) is 0.581. The number of hydrogen-bond acceptors (Lipinski definition) is 9. The van der Waals surface area contributed by atoms with Gasteiger partial charge >= 0.3 is 11.9 Å². The average Bonchev–Trinajstić information content (AvgIpc) is 3.62. The number of halogens is 1. The summed E-state index contributed by atoms with van der Waals surface area (Å²) < 4.78 is 56.9. The van der Waals surface area contributed by atoms with Gasteiger partial charge in [-0.3, -0.25) is 4.79 Å². The average molecular weight is 602 g/mol. The lowest BCUT2D eigenvalue weighted by molar-refractivity contribution is -0.188. The van der Waals surface area contributed by atoms with Gasteiger partial charge in [0.2, 0.25) is 5.60 Å². The number of rotatable bonds is 6. The van der Waals surface area contributed by atoms with Crippen molar-refractivity contribution in [3.63, 3.8) is 0 Å². The molecule has 3 saturated carbocycles. The molecule has 6 rings (SSSR count). The molecular weight excluding hydrogens is 565 g/mol. The van der Waals surface area contributed by atoms with Crippen LogP contribution in [-0.4, -0.2) is 68.9 Å². The van der Waals surface area contributed by atoms with E-state index < -0.39 is 55.9 Å². The fourth-order valence-electron chi connectivity index (χ4n) is 8.95. The number of anilines is 1. The topological polar surface area (TPSA) is 128 Å². The van der Waals surface area contributed by atoms with Gasteiger partial charge in [-0.15, -0.1) is 0 Å². The number of ketones is 1. The number of epoxide rings is 1. The van der Waals surface area contributed by atoms with Crippen molar-refractivity contribution in [3.8, 4) is 0 Å². The molecule has 1 saturated heterocycles. The van der Waals surface area contributed by atoms with Crippen molar-refractivity contribution in [1.29, 1.82) is 0 Å². The van der Waals surface area contributed by atoms with Crippen molar-refractivity contribution < 1.29 is 41.4 Å². The van der Waals surface area contributed by atoms with Crippen LogP contribution in [0.1, 0.15) is 50.4 Å². The number of carbonyl (C=O) groups is 3. The number of carbonyl (C=O) groups excluding carboxylic acids is 3. The molecule has 11 heteroatoms. The third kappa shape index (κ3) is 3.81. The van der Waals surface area contributed by atoms with Crippen molar-refractivity contribution in [1.82, 2.24) is 0 Å². The van der Waals surface area contributed by atoms with Gasteiger partial charge in [0.25, 0.3) is 0 Å². The highest BCUT2D eigenvalue weighted by molar-refractivity contribution is 7.90. The van der Waals surface area contributed by atoms with Crippen molar-refractivity contribution in [2.45, 2.75) is 63.5 Å². The normalized spacial score (nSPS) is 41.4. The highest BCUT2D eigenvalue weighted by atomic mass is 32.2. The van der Waals surface area contributed by atoms with E-state index in [1.54, 1.807) is 18.2 Å². The number of sulfone groups is 1. The standard InChI is InChI=1S/C31H36FNO8S/c1-17-12-21-22-14-24(32)23-13-20(34)10-11-28(23,2)31(22)25(40-31)15-29(21,3)30(17,27(36)39-4)41-26(35)18-6-8-19(9-7-18)33-16-42(5,37)38/h6-11,13,17,21-22,24-25,33H,12,14-16H2,1-5H3/t17-,21?,22?,24+,25+,28+,29+,30+,31-/m1/s1. The molecule has 0 bridgehead atoms. The first kappa shape index (κ1) is 29.0. The lowest BCUT2D eigenvalue weighted by atomic mass is 9.46. The number of alkyl halides is 1. The molecule has 2 unspecified atom stereocenters. The van der Waals surface area contributed by atoms with Crippen molar-refractivity contribution in [2.24, 2.45) is 28.6 Å². The molecule has 4 aliphatic carbocycles. The Labute approximate surface area is 244 Å². The van der Waals surface area contributed by atoms with Gasteiger partial charge < -0.3 is 19.5 Å². The van der Waals surface area contributed by atoms with E-state index in [9.17, 15) is 22.8 Å². The summed E-state index contributed by atoms with van der Waals surface area (Å²) in [6.07, 6.45) is 5.17. The second kappa shape index (κ2) is 9.22. The highest BCUT2D eigenvalue weighted by Crippen LogP contribution is 2.77. The summed E-state index contributed by atoms with van der Waals surface area (Å²) in [7, 11) is -1.98. The summed E-state index contributed by atoms with van der Waals surface area (Å²) in [5.41, 5.74) is -2.90. The summed E-state index contributed by atoms with van der Waals surface area (Å²) in [6, 6.07) is 6.15. The van der Waals surface area contributed by atoms with Crippen LogP contribution in [0.25, 0.3) is 0 Å². The summed E-state index contributed by atoms with van der Waals surface area (Å²) >= 11 is 0. The Morgan fingerprint density at radius 1 is 1.14 bits per heavy atom. The summed E-state index contributed by atoms with van der Waals surface area (Å²) in [6.45, 7) is 5.73. The molecule has 9 nitrogen and oxygen atoms in total. The molecular formula is C31H36FNO8S. The molecule has 1 aromatic carbocycles. The Hall–Kier alpha value is -3.05. The molecule has 1 N–H and O–H groups in total. The van der Waals surface area contributed by atoms with Gasteiger partial charge in [0, 0.05) is 28.7 Å². The Morgan fingerprint density at radius 2 is 1.83 bits per heavy atom. The minimum Gasteiger partial charge on any atom is -0.466 e. The van der Waals surface area contributed by atoms with Crippen LogP contribution >= 0.6 is 0 Å². The second-order valence-electron chi connectivity index (χ2n) is 13.1. The number of allylic oxidation sites excluding steroid dienone is 2. The zero-order chi connectivity index (χ0) is 30.5. The third-order valence-corrected chi connectivity index (χ3v) is 11.5. The zero-order valence-corrected chi connectivity index (χ0v) is 25.1. The summed E-state index contributed by atoms with van der Waals surface area (Å²) in [5.74, 6) is -2.78. The highest BCUT2D eigenvalue weighted by Gasteiger charge is 2.84. The molecule has 4 fully saturated rings. The van der Waals surface area contributed by atoms with Crippen LogP contribution in [0.15, 0.2) is 48.1 Å². The van der Waals surface area contributed by atoms with Gasteiger partial charge in [0.15, 0.2) is 15.6 Å². The molecule has 226 valence electrons. The lowest BCUT2D eigenvalue weighted by Crippen LogP contribution is -2.64. The van der Waals surface area contributed by atoms with Gasteiger partial charge in [-0.25, -0.2) is 22.4 Å². The SMILES string of the molecule is COC(=O)[C@@]1(OC(=O)c2ccc(NCS(C)(=O)=O)cc2)[C@H](C)CC2C3C[C@H](F)C4=CC(=O)C=C[C@]4(C)[C@@]34O[C@H]4C[C@@]21C. The van der Waals surface area contributed by atoms with Gasteiger partial charge in [-0.2, -0.15) is 0 Å². The quantitative estimate of drug-likeness (QED) is 0.382. The van der Waals surface area contributed by atoms with Gasteiger partial charge in [-0.05, 0) is 80.0 Å². The Bertz CT molecular complexity index is 1540. The first-order chi connectivity index (χ1) is 19.6. The van der Waals surface area contributed by atoms with E-state index in [1.807, 2.05) is 20.8 Å². The van der Waals surface area contributed by atoms with Crippen LogP contribution in [0, 0.1) is 28.6 Å². The van der Waals surface area contributed by atoms with Crippen LogP contribution in [0.4, 0.5) is 10.1 Å². The van der Waals surface area contributed by atoms with Gasteiger partial charge in [0.1, 0.15) is 17.6 Å². The van der Waals surface area contributed by atoms with E-state index >= 15 is 4.39 Å². The number of methoxy groups -OCH3 is 1. The first-order valence-electron chi connectivity index (χ1n) is 14.2. The monoisotopic (exact) mass is 601 g/mol. The van der Waals surface area contributed by atoms with Crippen LogP contribution in [-0.2, 0) is 33.6 Å². The number of esters is 2. The minimum absolute atomic E-state index is 0.152. The largest absolute Gasteiger partial charge is 0.466 e. The molecule has 1 aliphatic heterocycles. The number of benzene rings is 1. The smallest absolute Gasteiger partial charge is 0.351 e. The number of hydrogen-bond donors (Lipinski definition) is 1.